The van der Waals surface area contributed by atoms with Crippen molar-refractivity contribution in [2.45, 2.75) is 342 Å². The lowest BCUT2D eigenvalue weighted by atomic mass is 9.97. The Bertz CT molecular complexity index is 956. The highest BCUT2D eigenvalue weighted by molar-refractivity contribution is 5.76. The van der Waals surface area contributed by atoms with Crippen LogP contribution in [0.25, 0.3) is 0 Å². The maximum absolute atomic E-state index is 13.9. The summed E-state index contributed by atoms with van der Waals surface area (Å²) in [5.41, 5.74) is 0. The van der Waals surface area contributed by atoms with Gasteiger partial charge in [0.2, 0.25) is 5.91 Å². The molecule has 0 aromatic carbocycles. The average Bonchev–Trinajstić information content (AvgIpc) is 3.31. The van der Waals surface area contributed by atoms with Crippen molar-refractivity contribution in [3.63, 3.8) is 0 Å². The summed E-state index contributed by atoms with van der Waals surface area (Å²) in [6.45, 7) is 13.1. The number of ether oxygens (including phenoxy) is 2. The Balaban J connectivity index is 5.07. The molecule has 0 rings (SSSR count). The van der Waals surface area contributed by atoms with Gasteiger partial charge in [0, 0.05) is 31.8 Å². The van der Waals surface area contributed by atoms with Crippen LogP contribution >= 0.6 is 0 Å². The molecule has 0 spiro atoms. The summed E-state index contributed by atoms with van der Waals surface area (Å²) in [5, 5.41) is 3.24. The van der Waals surface area contributed by atoms with Gasteiger partial charge in [-0.05, 0) is 103 Å². The van der Waals surface area contributed by atoms with E-state index < -0.39 is 0 Å². The summed E-state index contributed by atoms with van der Waals surface area (Å²) in [4.78, 5) is 41.8. The van der Waals surface area contributed by atoms with Gasteiger partial charge in [0.15, 0.2) is 0 Å². The molecule has 1 N–H and O–H groups in total. The minimum absolute atomic E-state index is 0.0132. The lowest BCUT2D eigenvalue weighted by Crippen LogP contribution is -2.41. The molecule has 66 heavy (non-hydrogen) atoms. The third kappa shape index (κ3) is 42.5. The SMILES string of the molecule is CCCCCCCCCN(C(=O)CCCNC)C(CCCCCCCCC(=O)OC(CCCCCC)CCCCCC)CCCCCCCCC(=O)OC(CCCCCC)CCCCCC. The molecule has 1 amide bonds. The maximum Gasteiger partial charge on any atom is 0.306 e. The Labute approximate surface area is 412 Å². The largest absolute Gasteiger partial charge is 0.462 e. The summed E-state index contributed by atoms with van der Waals surface area (Å²) in [5.74, 6) is 0.381. The average molecular weight is 934 g/mol. The van der Waals surface area contributed by atoms with Crippen molar-refractivity contribution < 1.29 is 23.9 Å². The number of hydrogen-bond acceptors (Lipinski definition) is 6. The van der Waals surface area contributed by atoms with Gasteiger partial charge in [-0.25, -0.2) is 0 Å². The summed E-state index contributed by atoms with van der Waals surface area (Å²) in [6, 6.07) is 0.325. The van der Waals surface area contributed by atoms with Crippen LogP contribution in [0.2, 0.25) is 0 Å². The van der Waals surface area contributed by atoms with E-state index in [1.807, 2.05) is 7.05 Å². The van der Waals surface area contributed by atoms with Crippen molar-refractivity contribution in [3.05, 3.63) is 0 Å². The zero-order valence-corrected chi connectivity index (χ0v) is 45.5. The van der Waals surface area contributed by atoms with E-state index in [0.717, 1.165) is 116 Å². The number of amides is 1. The third-order valence-corrected chi connectivity index (χ3v) is 14.0. The fourth-order valence-corrected chi connectivity index (χ4v) is 9.69. The van der Waals surface area contributed by atoms with Crippen molar-refractivity contribution in [2.24, 2.45) is 0 Å². The van der Waals surface area contributed by atoms with Gasteiger partial charge >= 0.3 is 11.9 Å². The maximum atomic E-state index is 13.9. The first kappa shape index (κ1) is 64.4. The molecule has 0 fully saturated rings. The van der Waals surface area contributed by atoms with E-state index in [2.05, 4.69) is 44.8 Å². The first-order valence-electron chi connectivity index (χ1n) is 29.7. The van der Waals surface area contributed by atoms with Crippen LogP contribution in [0.15, 0.2) is 0 Å². The first-order valence-corrected chi connectivity index (χ1v) is 29.7. The summed E-state index contributed by atoms with van der Waals surface area (Å²) >= 11 is 0. The predicted octanol–water partition coefficient (Wildman–Crippen LogP) is 17.9. The molecule has 0 aliphatic carbocycles. The summed E-state index contributed by atoms with van der Waals surface area (Å²) < 4.78 is 12.1. The first-order chi connectivity index (χ1) is 32.4. The number of hydrogen-bond donors (Lipinski definition) is 1. The number of unbranched alkanes of at least 4 members (excludes halogenated alkanes) is 28. The molecule has 0 saturated heterocycles. The molecule has 0 aliphatic rings. The van der Waals surface area contributed by atoms with E-state index in [4.69, 9.17) is 9.47 Å². The van der Waals surface area contributed by atoms with Crippen LogP contribution in [0, 0.1) is 0 Å². The Hall–Kier alpha value is -1.63. The Morgan fingerprint density at radius 1 is 0.364 bits per heavy atom. The van der Waals surface area contributed by atoms with Crippen LogP contribution < -0.4 is 5.32 Å². The zero-order chi connectivity index (χ0) is 48.4. The second-order valence-electron chi connectivity index (χ2n) is 20.5. The molecule has 0 aromatic rings. The van der Waals surface area contributed by atoms with Crippen molar-refractivity contribution in [3.8, 4) is 0 Å². The van der Waals surface area contributed by atoms with Gasteiger partial charge in [-0.2, -0.15) is 0 Å². The number of rotatable bonds is 53. The van der Waals surface area contributed by atoms with Gasteiger partial charge in [-0.15, -0.1) is 0 Å². The van der Waals surface area contributed by atoms with Crippen LogP contribution in [-0.4, -0.2) is 61.1 Å². The molecular formula is C59H116N2O5. The van der Waals surface area contributed by atoms with Crippen molar-refractivity contribution in [1.82, 2.24) is 10.2 Å². The molecule has 0 unspecified atom stereocenters. The van der Waals surface area contributed by atoms with Crippen LogP contribution in [0.1, 0.15) is 324 Å². The molecule has 7 heteroatoms. The number of esters is 2. The van der Waals surface area contributed by atoms with Crippen LogP contribution in [-0.2, 0) is 23.9 Å². The summed E-state index contributed by atoms with van der Waals surface area (Å²) in [7, 11) is 1.98. The Morgan fingerprint density at radius 2 is 0.667 bits per heavy atom. The van der Waals surface area contributed by atoms with Gasteiger partial charge in [0.05, 0.1) is 0 Å². The summed E-state index contributed by atoms with van der Waals surface area (Å²) in [6.07, 6.45) is 51.1. The Morgan fingerprint density at radius 3 is 1.03 bits per heavy atom. The van der Waals surface area contributed by atoms with Gasteiger partial charge in [0.25, 0.3) is 0 Å². The topological polar surface area (TPSA) is 84.9 Å². The monoisotopic (exact) mass is 933 g/mol. The molecular weight excluding hydrogens is 817 g/mol. The van der Waals surface area contributed by atoms with E-state index in [-0.39, 0.29) is 24.1 Å². The fraction of sp³-hybridized carbons (Fsp3) is 0.949. The minimum atomic E-state index is 0.0132. The fourth-order valence-electron chi connectivity index (χ4n) is 9.69. The smallest absolute Gasteiger partial charge is 0.306 e. The highest BCUT2D eigenvalue weighted by atomic mass is 16.5. The van der Waals surface area contributed by atoms with E-state index >= 15 is 0 Å². The van der Waals surface area contributed by atoms with Crippen LogP contribution in [0.3, 0.4) is 0 Å². The van der Waals surface area contributed by atoms with Crippen molar-refractivity contribution in [2.75, 3.05) is 20.1 Å². The predicted molar refractivity (Wildman–Crippen MR) is 285 cm³/mol. The molecule has 7 nitrogen and oxygen atoms in total. The third-order valence-electron chi connectivity index (χ3n) is 14.0. The molecule has 0 saturated carbocycles. The quantitative estimate of drug-likeness (QED) is 0.0483. The van der Waals surface area contributed by atoms with Crippen molar-refractivity contribution >= 4 is 17.8 Å². The lowest BCUT2D eigenvalue weighted by Gasteiger charge is -2.33. The molecule has 0 heterocycles. The highest BCUT2D eigenvalue weighted by Gasteiger charge is 2.23. The van der Waals surface area contributed by atoms with Crippen molar-refractivity contribution in [1.29, 1.82) is 0 Å². The number of nitrogens with one attached hydrogen (secondary N) is 1. The van der Waals surface area contributed by atoms with Gasteiger partial charge in [-0.1, -0.05) is 214 Å². The van der Waals surface area contributed by atoms with E-state index in [1.54, 1.807) is 0 Å². The molecule has 392 valence electrons. The van der Waals surface area contributed by atoms with Crippen LogP contribution in [0.5, 0.6) is 0 Å². The molecule has 0 aromatic heterocycles. The second-order valence-corrected chi connectivity index (χ2v) is 20.5. The van der Waals surface area contributed by atoms with E-state index in [9.17, 15) is 14.4 Å². The number of nitrogens with zero attached hydrogens (tertiary/aromatic N) is 1. The van der Waals surface area contributed by atoms with E-state index in [0.29, 0.717) is 31.2 Å². The van der Waals surface area contributed by atoms with Gasteiger partial charge in [0.1, 0.15) is 12.2 Å². The molecule has 0 bridgehead atoms. The Kier molecular flexibility index (Phi) is 50.0. The highest BCUT2D eigenvalue weighted by Crippen LogP contribution is 2.23. The van der Waals surface area contributed by atoms with Gasteiger partial charge < -0.3 is 19.7 Å². The minimum Gasteiger partial charge on any atom is -0.462 e. The normalized spacial score (nSPS) is 11.7. The van der Waals surface area contributed by atoms with Gasteiger partial charge in [-0.3, -0.25) is 14.4 Å². The molecule has 0 atom stereocenters. The second kappa shape index (κ2) is 51.2. The van der Waals surface area contributed by atoms with E-state index in [1.165, 1.54) is 167 Å². The van der Waals surface area contributed by atoms with Crippen LogP contribution in [0.4, 0.5) is 0 Å². The molecule has 0 radical (unpaired) electrons. The standard InChI is InChI=1S/C59H116N2O5/c1-7-12-17-22-27-32-41-53-61(57(62)49-42-52-60-6)54(43-33-28-23-25-30-39-50-58(63)65-55(45-35-18-13-8-2)46-36-19-14-9-3)44-34-29-24-26-31-40-51-59(64)66-56(47-37-20-15-10-4)48-38-21-16-11-5/h54-56,60H,7-53H2,1-6H3. The number of carbonyl (C=O) groups is 3. The zero-order valence-electron chi connectivity index (χ0n) is 45.5. The number of carbonyl (C=O) groups excluding carboxylic acids is 3. The molecule has 0 aliphatic heterocycles. The lowest BCUT2D eigenvalue weighted by molar-refractivity contribution is -0.151.